The van der Waals surface area contributed by atoms with Crippen molar-refractivity contribution in [3.63, 3.8) is 0 Å². The fraction of sp³-hybridized carbons (Fsp3) is 0.118. The Morgan fingerprint density at radius 3 is 2.55 bits per heavy atom. The van der Waals surface area contributed by atoms with Gasteiger partial charge in [-0.3, -0.25) is 0 Å². The number of hydrogen-bond acceptors (Lipinski definition) is 2. The fourth-order valence-electron chi connectivity index (χ4n) is 2.18. The highest BCUT2D eigenvalue weighted by atomic mass is 35.5. The third-order valence-electron chi connectivity index (χ3n) is 3.25. The fourth-order valence-corrected chi connectivity index (χ4v) is 3.78. The van der Waals surface area contributed by atoms with Crippen LogP contribution >= 0.6 is 35.0 Å². The molecule has 1 atom stereocenters. The molecule has 0 fully saturated rings. The molecule has 0 aliphatic heterocycles. The Balaban J connectivity index is 1.86. The molecular formula is C17H14Cl2N2S. The molecule has 3 aromatic rings. The van der Waals surface area contributed by atoms with Gasteiger partial charge in [0, 0.05) is 33.9 Å². The van der Waals surface area contributed by atoms with Gasteiger partial charge in [0.15, 0.2) is 0 Å². The molecule has 0 saturated carbocycles. The molecule has 1 unspecified atom stereocenters. The maximum Gasteiger partial charge on any atom is 0.0946 e. The number of halogens is 2. The van der Waals surface area contributed by atoms with E-state index < -0.39 is 0 Å². The molecule has 22 heavy (non-hydrogen) atoms. The van der Waals surface area contributed by atoms with Crippen LogP contribution in [0.5, 0.6) is 0 Å². The maximum absolute atomic E-state index is 6.09. The van der Waals surface area contributed by atoms with Crippen molar-refractivity contribution < 1.29 is 0 Å². The molecule has 1 heterocycles. The minimum absolute atomic E-state index is 0.255. The molecule has 0 aliphatic carbocycles. The number of thioether (sulfide) groups is 1. The van der Waals surface area contributed by atoms with Crippen molar-refractivity contribution in [3.05, 3.63) is 82.9 Å². The van der Waals surface area contributed by atoms with E-state index in [9.17, 15) is 0 Å². The molecule has 0 bridgehead atoms. The van der Waals surface area contributed by atoms with Crippen molar-refractivity contribution in [1.29, 1.82) is 0 Å². The van der Waals surface area contributed by atoms with E-state index in [0.29, 0.717) is 0 Å². The second kappa shape index (κ2) is 7.23. The highest BCUT2D eigenvalue weighted by Gasteiger charge is 2.14. The standard InChI is InChI=1S/C17H14Cl2N2S/c18-14-6-4-13(5-7-14)17(11-21-9-8-20-12-21)22-16-3-1-2-15(19)10-16/h1-10,12,17H,11H2. The van der Waals surface area contributed by atoms with Crippen LogP contribution in [0.25, 0.3) is 0 Å². The summed E-state index contributed by atoms with van der Waals surface area (Å²) < 4.78 is 2.08. The number of imidazole rings is 1. The van der Waals surface area contributed by atoms with Crippen molar-refractivity contribution >= 4 is 35.0 Å². The van der Waals surface area contributed by atoms with Gasteiger partial charge in [-0.25, -0.2) is 4.98 Å². The molecule has 0 amide bonds. The van der Waals surface area contributed by atoms with Crippen LogP contribution in [0.15, 0.2) is 72.1 Å². The molecule has 1 aromatic heterocycles. The SMILES string of the molecule is Clc1ccc(C(Cn2ccnc2)Sc2cccc(Cl)c2)cc1. The van der Waals surface area contributed by atoms with E-state index in [1.54, 1.807) is 18.0 Å². The second-order valence-corrected chi connectivity index (χ2v) is 7.02. The van der Waals surface area contributed by atoms with E-state index in [1.807, 2.05) is 42.9 Å². The molecule has 2 aromatic carbocycles. The van der Waals surface area contributed by atoms with Gasteiger partial charge in [0.1, 0.15) is 0 Å². The summed E-state index contributed by atoms with van der Waals surface area (Å²) in [7, 11) is 0. The lowest BCUT2D eigenvalue weighted by atomic mass is 10.1. The van der Waals surface area contributed by atoms with Gasteiger partial charge in [-0.2, -0.15) is 0 Å². The lowest BCUT2D eigenvalue weighted by Crippen LogP contribution is -2.04. The van der Waals surface area contributed by atoms with Gasteiger partial charge in [-0.15, -0.1) is 11.8 Å². The molecule has 5 heteroatoms. The quantitative estimate of drug-likeness (QED) is 0.548. The van der Waals surface area contributed by atoms with Crippen molar-refractivity contribution in [2.75, 3.05) is 0 Å². The largest absolute Gasteiger partial charge is 0.336 e. The zero-order valence-electron chi connectivity index (χ0n) is 11.7. The maximum atomic E-state index is 6.09. The number of benzene rings is 2. The Hall–Kier alpha value is -1.42. The average molecular weight is 349 g/mol. The summed E-state index contributed by atoms with van der Waals surface area (Å²) in [6.45, 7) is 0.832. The van der Waals surface area contributed by atoms with Crippen molar-refractivity contribution in [2.24, 2.45) is 0 Å². The first-order valence-electron chi connectivity index (χ1n) is 6.84. The second-order valence-electron chi connectivity index (χ2n) is 4.87. The molecule has 0 saturated heterocycles. The zero-order valence-corrected chi connectivity index (χ0v) is 14.0. The smallest absolute Gasteiger partial charge is 0.0946 e. The highest BCUT2D eigenvalue weighted by molar-refractivity contribution is 7.99. The Kier molecular flexibility index (Phi) is 5.08. The van der Waals surface area contributed by atoms with Crippen LogP contribution in [0.4, 0.5) is 0 Å². The van der Waals surface area contributed by atoms with Crippen LogP contribution in [-0.4, -0.2) is 9.55 Å². The first-order valence-corrected chi connectivity index (χ1v) is 8.48. The Morgan fingerprint density at radius 1 is 1.05 bits per heavy atom. The summed E-state index contributed by atoms with van der Waals surface area (Å²) in [6.07, 6.45) is 5.60. The van der Waals surface area contributed by atoms with Crippen LogP contribution in [0.2, 0.25) is 10.0 Å². The minimum Gasteiger partial charge on any atom is -0.336 e. The minimum atomic E-state index is 0.255. The molecule has 0 spiro atoms. The lowest BCUT2D eigenvalue weighted by molar-refractivity contribution is 0.683. The summed E-state index contributed by atoms with van der Waals surface area (Å²) in [6, 6.07) is 15.9. The van der Waals surface area contributed by atoms with Crippen LogP contribution in [0.3, 0.4) is 0 Å². The predicted molar refractivity (Wildman–Crippen MR) is 93.7 cm³/mol. The lowest BCUT2D eigenvalue weighted by Gasteiger charge is -2.18. The van der Waals surface area contributed by atoms with Crippen LogP contribution < -0.4 is 0 Å². The Labute approximate surface area is 144 Å². The summed E-state index contributed by atoms with van der Waals surface area (Å²) in [5.74, 6) is 0. The van der Waals surface area contributed by atoms with Gasteiger partial charge >= 0.3 is 0 Å². The van der Waals surface area contributed by atoms with Crippen LogP contribution in [0, 0.1) is 0 Å². The van der Waals surface area contributed by atoms with Gasteiger partial charge in [0.25, 0.3) is 0 Å². The third-order valence-corrected chi connectivity index (χ3v) is 4.97. The highest BCUT2D eigenvalue weighted by Crippen LogP contribution is 2.37. The zero-order chi connectivity index (χ0) is 15.4. The summed E-state index contributed by atoms with van der Waals surface area (Å²) in [5.41, 5.74) is 1.23. The van der Waals surface area contributed by atoms with Gasteiger partial charge in [-0.1, -0.05) is 41.4 Å². The van der Waals surface area contributed by atoms with E-state index in [-0.39, 0.29) is 5.25 Å². The Bertz CT molecular complexity index is 727. The van der Waals surface area contributed by atoms with Crippen molar-refractivity contribution in [2.45, 2.75) is 16.7 Å². The van der Waals surface area contributed by atoms with Crippen molar-refractivity contribution in [3.8, 4) is 0 Å². The number of nitrogens with zero attached hydrogens (tertiary/aromatic N) is 2. The van der Waals surface area contributed by atoms with Gasteiger partial charge in [0.2, 0.25) is 0 Å². The normalized spacial score (nSPS) is 12.3. The van der Waals surface area contributed by atoms with Gasteiger partial charge in [-0.05, 0) is 35.9 Å². The average Bonchev–Trinajstić information content (AvgIpc) is 3.00. The summed E-state index contributed by atoms with van der Waals surface area (Å²) >= 11 is 13.9. The molecule has 0 radical (unpaired) electrons. The van der Waals surface area contributed by atoms with E-state index >= 15 is 0 Å². The Morgan fingerprint density at radius 2 is 1.86 bits per heavy atom. The van der Waals surface area contributed by atoms with Gasteiger partial charge < -0.3 is 4.57 Å². The predicted octanol–water partition coefficient (Wildman–Crippen LogP) is 5.72. The van der Waals surface area contributed by atoms with E-state index in [2.05, 4.69) is 27.8 Å². The van der Waals surface area contributed by atoms with Crippen LogP contribution in [0.1, 0.15) is 10.8 Å². The molecular weight excluding hydrogens is 335 g/mol. The number of rotatable bonds is 5. The van der Waals surface area contributed by atoms with Gasteiger partial charge in [0.05, 0.1) is 11.6 Å². The summed E-state index contributed by atoms with van der Waals surface area (Å²) in [4.78, 5) is 5.26. The van der Waals surface area contributed by atoms with E-state index in [0.717, 1.165) is 21.5 Å². The number of aromatic nitrogens is 2. The first kappa shape index (κ1) is 15.5. The van der Waals surface area contributed by atoms with E-state index in [4.69, 9.17) is 23.2 Å². The molecule has 112 valence electrons. The first-order chi connectivity index (χ1) is 10.7. The number of hydrogen-bond donors (Lipinski definition) is 0. The van der Waals surface area contributed by atoms with Crippen molar-refractivity contribution in [1.82, 2.24) is 9.55 Å². The summed E-state index contributed by atoms with van der Waals surface area (Å²) in [5, 5.41) is 1.75. The van der Waals surface area contributed by atoms with E-state index in [1.165, 1.54) is 5.56 Å². The molecule has 0 N–H and O–H groups in total. The molecule has 3 rings (SSSR count). The third kappa shape index (κ3) is 4.07. The topological polar surface area (TPSA) is 17.8 Å². The molecule has 2 nitrogen and oxygen atoms in total. The van der Waals surface area contributed by atoms with Crippen LogP contribution in [-0.2, 0) is 6.54 Å². The molecule has 0 aliphatic rings. The monoisotopic (exact) mass is 348 g/mol.